The van der Waals surface area contributed by atoms with E-state index in [0.29, 0.717) is 17.7 Å². The zero-order valence-electron chi connectivity index (χ0n) is 27.7. The molecule has 0 saturated heterocycles. The first-order valence-corrected chi connectivity index (χ1v) is 17.5. The maximum atomic E-state index is 13.3. The molecule has 0 atom stereocenters. The molecule has 0 aromatic rings. The largest absolute Gasteiger partial charge is 0.354 e. The van der Waals surface area contributed by atoms with Gasteiger partial charge in [-0.05, 0) is 49.1 Å². The molecule has 0 radical (unpaired) electrons. The molecule has 5 heteroatoms. The fourth-order valence-electron chi connectivity index (χ4n) is 5.81. The standard InChI is InChI=1S/C38H59N3O2/c1-4-6-8-10-12-14-16-18-20-22-28-40-30-26-34(27-31-40)24-25-35-33(3)36(32-39)38(43)41(37(35)42)29-23-21-19-17-15-13-11-9-7-5-2/h24-27,30-31H,4-23,28-29H2,1-3H3/b35-25-. The molecule has 5 nitrogen and oxygen atoms in total. The minimum Gasteiger partial charge on any atom is -0.354 e. The SMILES string of the molecule is CCCCCCCCCCCCN1C=CC(=C/C=C2\C(=O)N(CCCCCCCCCCCC)C(=O)C(C#N)=C2C)C=C1. The number of hydrogen-bond donors (Lipinski definition) is 0. The fourth-order valence-corrected chi connectivity index (χ4v) is 5.81. The van der Waals surface area contributed by atoms with Crippen molar-refractivity contribution in [3.05, 3.63) is 59.0 Å². The van der Waals surface area contributed by atoms with Gasteiger partial charge in [0.15, 0.2) is 0 Å². The zero-order valence-corrected chi connectivity index (χ0v) is 27.7. The van der Waals surface area contributed by atoms with E-state index in [1.54, 1.807) is 13.0 Å². The second kappa shape index (κ2) is 22.6. The lowest BCUT2D eigenvalue weighted by Crippen LogP contribution is -2.43. The lowest BCUT2D eigenvalue weighted by atomic mass is 9.94. The number of rotatable bonds is 23. The minimum absolute atomic E-state index is 0.0775. The van der Waals surface area contributed by atoms with Crippen LogP contribution < -0.4 is 0 Å². The van der Waals surface area contributed by atoms with Gasteiger partial charge < -0.3 is 4.90 Å². The summed E-state index contributed by atoms with van der Waals surface area (Å²) < 4.78 is 0. The summed E-state index contributed by atoms with van der Waals surface area (Å²) in [6, 6.07) is 2.05. The van der Waals surface area contributed by atoms with Crippen molar-refractivity contribution in [3.8, 4) is 6.07 Å². The third-order valence-corrected chi connectivity index (χ3v) is 8.69. The number of carbonyl (C=O) groups excluding carboxylic acids is 2. The summed E-state index contributed by atoms with van der Waals surface area (Å²) in [5.74, 6) is -0.744. The van der Waals surface area contributed by atoms with Gasteiger partial charge in [0.1, 0.15) is 11.6 Å². The van der Waals surface area contributed by atoms with Gasteiger partial charge in [-0.3, -0.25) is 14.5 Å². The number of nitriles is 1. The van der Waals surface area contributed by atoms with E-state index >= 15 is 0 Å². The molecule has 2 aliphatic rings. The van der Waals surface area contributed by atoms with Crippen LogP contribution in [-0.4, -0.2) is 34.7 Å². The summed E-state index contributed by atoms with van der Waals surface area (Å²) in [5.41, 5.74) is 1.98. The average molecular weight is 590 g/mol. The second-order valence-electron chi connectivity index (χ2n) is 12.4. The van der Waals surface area contributed by atoms with Crippen molar-refractivity contribution in [3.63, 3.8) is 0 Å². The number of carbonyl (C=O) groups is 2. The molecule has 2 aliphatic heterocycles. The molecule has 2 amide bonds. The number of amides is 2. The van der Waals surface area contributed by atoms with Crippen molar-refractivity contribution in [2.75, 3.05) is 13.1 Å². The van der Waals surface area contributed by atoms with Crippen LogP contribution in [0.2, 0.25) is 0 Å². The van der Waals surface area contributed by atoms with Gasteiger partial charge in [0, 0.05) is 31.1 Å². The smallest absolute Gasteiger partial charge is 0.271 e. The quantitative estimate of drug-likeness (QED) is 0.0675. The van der Waals surface area contributed by atoms with E-state index in [1.807, 2.05) is 6.08 Å². The van der Waals surface area contributed by atoms with E-state index in [9.17, 15) is 14.9 Å². The number of allylic oxidation sites excluding steroid dienone is 5. The number of imide groups is 1. The Morgan fingerprint density at radius 1 is 0.628 bits per heavy atom. The Bertz CT molecular complexity index is 1020. The molecule has 0 fully saturated rings. The fraction of sp³-hybridized carbons (Fsp3) is 0.658. The zero-order chi connectivity index (χ0) is 31.1. The summed E-state index contributed by atoms with van der Waals surface area (Å²) in [7, 11) is 0. The molecular formula is C38H59N3O2. The average Bonchev–Trinajstić information content (AvgIpc) is 3.01. The van der Waals surface area contributed by atoms with E-state index in [4.69, 9.17) is 0 Å². The molecule has 238 valence electrons. The minimum atomic E-state index is -0.453. The third-order valence-electron chi connectivity index (χ3n) is 8.69. The predicted molar refractivity (Wildman–Crippen MR) is 180 cm³/mol. The Labute approximate surface area is 263 Å². The summed E-state index contributed by atoms with van der Waals surface area (Å²) in [6.07, 6.45) is 37.2. The normalized spacial score (nSPS) is 16.1. The van der Waals surface area contributed by atoms with Crippen LogP contribution in [0, 0.1) is 11.3 Å². The van der Waals surface area contributed by atoms with E-state index in [2.05, 4.69) is 49.4 Å². The summed E-state index contributed by atoms with van der Waals surface area (Å²) in [4.78, 5) is 29.7. The molecule has 0 aliphatic carbocycles. The highest BCUT2D eigenvalue weighted by atomic mass is 16.2. The van der Waals surface area contributed by atoms with Crippen LogP contribution in [0.4, 0.5) is 0 Å². The molecule has 0 saturated carbocycles. The Kier molecular flexibility index (Phi) is 19.1. The van der Waals surface area contributed by atoms with Gasteiger partial charge in [-0.1, -0.05) is 135 Å². The molecule has 0 aromatic heterocycles. The maximum absolute atomic E-state index is 13.3. The maximum Gasteiger partial charge on any atom is 0.271 e. The van der Waals surface area contributed by atoms with Gasteiger partial charge in [-0.2, -0.15) is 5.26 Å². The second-order valence-corrected chi connectivity index (χ2v) is 12.4. The van der Waals surface area contributed by atoms with Crippen molar-refractivity contribution >= 4 is 11.8 Å². The Morgan fingerprint density at radius 3 is 1.53 bits per heavy atom. The van der Waals surface area contributed by atoms with E-state index in [-0.39, 0.29) is 11.5 Å². The first kappa shape index (κ1) is 36.3. The van der Waals surface area contributed by atoms with Crippen LogP contribution in [0.15, 0.2) is 59.0 Å². The first-order chi connectivity index (χ1) is 21.0. The number of nitrogens with zero attached hydrogens (tertiary/aromatic N) is 3. The topological polar surface area (TPSA) is 64.4 Å². The highest BCUT2D eigenvalue weighted by Crippen LogP contribution is 2.26. The molecule has 2 heterocycles. The summed E-state index contributed by atoms with van der Waals surface area (Å²) in [5, 5.41) is 9.68. The third kappa shape index (κ3) is 14.0. The van der Waals surface area contributed by atoms with Crippen LogP contribution in [0.1, 0.15) is 149 Å². The number of hydrogen-bond acceptors (Lipinski definition) is 4. The van der Waals surface area contributed by atoms with Crippen molar-refractivity contribution in [2.24, 2.45) is 0 Å². The van der Waals surface area contributed by atoms with Gasteiger partial charge >= 0.3 is 0 Å². The lowest BCUT2D eigenvalue weighted by Gasteiger charge is -2.27. The van der Waals surface area contributed by atoms with Gasteiger partial charge in [-0.15, -0.1) is 0 Å². The molecule has 0 N–H and O–H groups in total. The highest BCUT2D eigenvalue weighted by molar-refractivity contribution is 6.18. The molecule has 0 spiro atoms. The van der Waals surface area contributed by atoms with Crippen LogP contribution in [0.5, 0.6) is 0 Å². The lowest BCUT2D eigenvalue weighted by molar-refractivity contribution is -0.140. The monoisotopic (exact) mass is 589 g/mol. The van der Waals surface area contributed by atoms with Gasteiger partial charge in [0.25, 0.3) is 11.8 Å². The predicted octanol–water partition coefficient (Wildman–Crippen LogP) is 10.2. The molecular weight excluding hydrogens is 530 g/mol. The van der Waals surface area contributed by atoms with E-state index in [0.717, 1.165) is 31.4 Å². The van der Waals surface area contributed by atoms with E-state index < -0.39 is 5.91 Å². The summed E-state index contributed by atoms with van der Waals surface area (Å²) in [6.45, 7) is 7.59. The molecule has 0 bridgehead atoms. The van der Waals surface area contributed by atoms with Crippen LogP contribution >= 0.6 is 0 Å². The van der Waals surface area contributed by atoms with Crippen molar-refractivity contribution < 1.29 is 9.59 Å². The van der Waals surface area contributed by atoms with Crippen molar-refractivity contribution in [2.45, 2.75) is 149 Å². The van der Waals surface area contributed by atoms with Gasteiger partial charge in [0.05, 0.1) is 0 Å². The van der Waals surface area contributed by atoms with Crippen molar-refractivity contribution in [1.29, 1.82) is 5.26 Å². The number of unbranched alkanes of at least 4 members (excludes halogenated alkanes) is 18. The van der Waals surface area contributed by atoms with Gasteiger partial charge in [-0.25, -0.2) is 0 Å². The Morgan fingerprint density at radius 2 is 1.07 bits per heavy atom. The molecule has 0 unspecified atom stereocenters. The van der Waals surface area contributed by atoms with Crippen LogP contribution in [0.25, 0.3) is 0 Å². The van der Waals surface area contributed by atoms with E-state index in [1.165, 1.54) is 114 Å². The summed E-state index contributed by atoms with van der Waals surface area (Å²) >= 11 is 0. The molecule has 0 aromatic carbocycles. The first-order valence-electron chi connectivity index (χ1n) is 17.5. The Hall–Kier alpha value is -2.87. The van der Waals surface area contributed by atoms with Crippen LogP contribution in [-0.2, 0) is 9.59 Å². The van der Waals surface area contributed by atoms with Gasteiger partial charge in [0.2, 0.25) is 0 Å². The molecule has 2 rings (SSSR count). The van der Waals surface area contributed by atoms with Crippen molar-refractivity contribution in [1.82, 2.24) is 9.80 Å². The molecule has 43 heavy (non-hydrogen) atoms. The Balaban J connectivity index is 1.78. The highest BCUT2D eigenvalue weighted by Gasteiger charge is 2.34. The van der Waals surface area contributed by atoms with Crippen LogP contribution in [0.3, 0.4) is 0 Å².